The zero-order chi connectivity index (χ0) is 26.0. The van der Waals surface area contributed by atoms with Crippen molar-refractivity contribution in [2.45, 2.75) is 50.6 Å². The van der Waals surface area contributed by atoms with Crippen molar-refractivity contribution in [1.82, 2.24) is 14.8 Å². The predicted octanol–water partition coefficient (Wildman–Crippen LogP) is 4.35. The van der Waals surface area contributed by atoms with Crippen molar-refractivity contribution in [3.63, 3.8) is 0 Å². The number of para-hydroxylation sites is 1. The Morgan fingerprint density at radius 2 is 1.86 bits per heavy atom. The van der Waals surface area contributed by atoms with Gasteiger partial charge >= 0.3 is 0 Å². The lowest BCUT2D eigenvalue weighted by Crippen LogP contribution is -2.43. The van der Waals surface area contributed by atoms with E-state index in [0.717, 1.165) is 40.8 Å². The highest BCUT2D eigenvalue weighted by Crippen LogP contribution is 2.44. The van der Waals surface area contributed by atoms with E-state index in [2.05, 4.69) is 4.98 Å². The molecule has 0 saturated carbocycles. The summed E-state index contributed by atoms with van der Waals surface area (Å²) in [5.41, 5.74) is 2.13. The van der Waals surface area contributed by atoms with Crippen LogP contribution in [0.15, 0.2) is 73.1 Å². The van der Waals surface area contributed by atoms with Crippen LogP contribution in [-0.2, 0) is 26.3 Å². The molecule has 37 heavy (non-hydrogen) atoms. The molecule has 0 N–H and O–H groups in total. The lowest BCUT2D eigenvalue weighted by atomic mass is 9.73. The van der Waals surface area contributed by atoms with Crippen molar-refractivity contribution in [2.75, 3.05) is 13.7 Å². The summed E-state index contributed by atoms with van der Waals surface area (Å²) in [5, 5.41) is 0. The van der Waals surface area contributed by atoms with Crippen molar-refractivity contribution >= 4 is 17.7 Å². The van der Waals surface area contributed by atoms with E-state index in [1.807, 2.05) is 66.4 Å². The molecule has 2 aliphatic rings. The monoisotopic (exact) mass is 497 g/mol. The average molecular weight is 498 g/mol. The van der Waals surface area contributed by atoms with Crippen molar-refractivity contribution in [3.05, 3.63) is 95.3 Å². The first kappa shape index (κ1) is 24.7. The number of pyridine rings is 1. The summed E-state index contributed by atoms with van der Waals surface area (Å²) in [7, 11) is 1.63. The maximum absolute atomic E-state index is 14.1. The Balaban J connectivity index is 1.49. The number of benzene rings is 2. The maximum atomic E-state index is 14.1. The maximum Gasteiger partial charge on any atom is 0.241 e. The highest BCUT2D eigenvalue weighted by molar-refractivity contribution is 6.11. The second-order valence-electron chi connectivity index (χ2n) is 9.88. The van der Waals surface area contributed by atoms with Crippen LogP contribution in [0.4, 0.5) is 0 Å². The van der Waals surface area contributed by atoms with Gasteiger partial charge in [-0.25, -0.2) is 0 Å². The van der Waals surface area contributed by atoms with Crippen molar-refractivity contribution in [3.8, 4) is 5.75 Å². The van der Waals surface area contributed by atoms with E-state index in [9.17, 15) is 14.4 Å². The molecule has 7 nitrogen and oxygen atoms in total. The van der Waals surface area contributed by atoms with Crippen LogP contribution in [-0.4, -0.2) is 46.2 Å². The topological polar surface area (TPSA) is 79.8 Å². The van der Waals surface area contributed by atoms with Crippen LogP contribution in [0.2, 0.25) is 0 Å². The first-order chi connectivity index (χ1) is 17.9. The van der Waals surface area contributed by atoms with Gasteiger partial charge in [-0.15, -0.1) is 0 Å². The highest BCUT2D eigenvalue weighted by Gasteiger charge is 2.55. The van der Waals surface area contributed by atoms with Gasteiger partial charge < -0.3 is 9.64 Å². The van der Waals surface area contributed by atoms with Crippen LogP contribution >= 0.6 is 0 Å². The Morgan fingerprint density at radius 3 is 2.62 bits per heavy atom. The number of amides is 3. The number of aryl methyl sites for hydroxylation is 1. The van der Waals surface area contributed by atoms with Gasteiger partial charge in [-0.05, 0) is 48.6 Å². The van der Waals surface area contributed by atoms with Gasteiger partial charge in [-0.1, -0.05) is 48.5 Å². The fourth-order valence-corrected chi connectivity index (χ4v) is 5.88. The van der Waals surface area contributed by atoms with Gasteiger partial charge in [0.15, 0.2) is 0 Å². The van der Waals surface area contributed by atoms with E-state index in [1.54, 1.807) is 25.6 Å². The number of rotatable bonds is 7. The number of hydrogen-bond acceptors (Lipinski definition) is 5. The second kappa shape index (κ2) is 10.2. The lowest BCUT2D eigenvalue weighted by Gasteiger charge is -2.33. The number of carbonyl (C=O) groups excluding carboxylic acids is 3. The molecule has 2 aromatic carbocycles. The Kier molecular flexibility index (Phi) is 6.78. The molecule has 3 amide bonds. The minimum absolute atomic E-state index is 0.0319. The van der Waals surface area contributed by atoms with Gasteiger partial charge in [0, 0.05) is 37.3 Å². The highest BCUT2D eigenvalue weighted by atomic mass is 16.5. The Labute approximate surface area is 217 Å². The van der Waals surface area contributed by atoms with Crippen molar-refractivity contribution < 1.29 is 19.1 Å². The molecular weight excluding hydrogens is 466 g/mol. The van der Waals surface area contributed by atoms with Crippen molar-refractivity contribution in [1.29, 1.82) is 0 Å². The third-order valence-electron chi connectivity index (χ3n) is 7.66. The number of nitrogens with zero attached hydrogens (tertiary/aromatic N) is 3. The molecule has 3 aromatic rings. The van der Waals surface area contributed by atoms with Crippen LogP contribution in [0, 0.1) is 6.92 Å². The molecule has 0 unspecified atom stereocenters. The molecule has 0 bridgehead atoms. The lowest BCUT2D eigenvalue weighted by molar-refractivity contribution is -0.143. The molecule has 0 radical (unpaired) electrons. The number of aromatic nitrogens is 1. The van der Waals surface area contributed by atoms with Crippen LogP contribution in [0.5, 0.6) is 5.75 Å². The SMILES string of the molecule is COc1ccccc1[C@H]1CCCN1C(=O)C[C@@]1(c2ccccc2C)CC(=O)N(Cc2cccnc2)C1=O. The molecule has 2 aliphatic heterocycles. The van der Waals surface area contributed by atoms with Gasteiger partial charge in [-0.3, -0.25) is 24.3 Å². The number of imide groups is 1. The largest absolute Gasteiger partial charge is 0.496 e. The fraction of sp³-hybridized carbons (Fsp3) is 0.333. The summed E-state index contributed by atoms with van der Waals surface area (Å²) in [4.78, 5) is 48.6. The molecular formula is C30H31N3O4. The number of ether oxygens (including phenoxy) is 1. The van der Waals surface area contributed by atoms with Gasteiger partial charge in [-0.2, -0.15) is 0 Å². The number of methoxy groups -OCH3 is 1. The Morgan fingerprint density at radius 1 is 1.08 bits per heavy atom. The molecule has 2 saturated heterocycles. The third kappa shape index (κ3) is 4.50. The molecule has 2 fully saturated rings. The van der Waals surface area contributed by atoms with E-state index < -0.39 is 5.41 Å². The summed E-state index contributed by atoms with van der Waals surface area (Å²) < 4.78 is 5.58. The van der Waals surface area contributed by atoms with Crippen LogP contribution < -0.4 is 4.74 Å². The number of carbonyl (C=O) groups is 3. The summed E-state index contributed by atoms with van der Waals surface area (Å²) in [6, 6.07) is 18.8. The minimum Gasteiger partial charge on any atom is -0.496 e. The van der Waals surface area contributed by atoms with Gasteiger partial charge in [0.1, 0.15) is 5.75 Å². The molecule has 7 heteroatoms. The summed E-state index contributed by atoms with van der Waals surface area (Å²) in [6.45, 7) is 2.67. The normalized spacial score (nSPS) is 21.5. The van der Waals surface area contributed by atoms with E-state index in [0.29, 0.717) is 6.54 Å². The first-order valence-electron chi connectivity index (χ1n) is 12.7. The van der Waals surface area contributed by atoms with Crippen LogP contribution in [0.25, 0.3) is 0 Å². The minimum atomic E-state index is -1.24. The number of likely N-dealkylation sites (tertiary alicyclic amines) is 2. The summed E-state index contributed by atoms with van der Waals surface area (Å²) in [5.74, 6) is 0.0290. The van der Waals surface area contributed by atoms with Crippen LogP contribution in [0.3, 0.4) is 0 Å². The number of hydrogen-bond donors (Lipinski definition) is 0. The third-order valence-corrected chi connectivity index (χ3v) is 7.66. The zero-order valence-electron chi connectivity index (χ0n) is 21.2. The van der Waals surface area contributed by atoms with E-state index in [-0.39, 0.29) is 43.1 Å². The van der Waals surface area contributed by atoms with E-state index in [4.69, 9.17) is 4.74 Å². The molecule has 5 rings (SSSR count). The second-order valence-corrected chi connectivity index (χ2v) is 9.88. The zero-order valence-corrected chi connectivity index (χ0v) is 21.2. The van der Waals surface area contributed by atoms with Crippen molar-refractivity contribution in [2.24, 2.45) is 0 Å². The predicted molar refractivity (Wildman–Crippen MR) is 139 cm³/mol. The summed E-state index contributed by atoms with van der Waals surface area (Å²) in [6.07, 6.45) is 4.91. The Bertz CT molecular complexity index is 1330. The standard InChI is InChI=1S/C30H31N3O4/c1-21-9-3-5-12-24(21)30(18-28(35)33(29(30)36)20-22-10-7-15-31-19-22)17-27(34)32-16-8-13-25(32)23-11-4-6-14-26(23)37-2/h3-7,9-12,14-15,19,25H,8,13,16-18,20H2,1-2H3/t25-,30+/m1/s1. The van der Waals surface area contributed by atoms with Gasteiger partial charge in [0.25, 0.3) is 0 Å². The molecule has 190 valence electrons. The quantitative estimate of drug-likeness (QED) is 0.454. The van der Waals surface area contributed by atoms with Crippen LogP contribution in [0.1, 0.15) is 54.0 Å². The molecule has 0 aliphatic carbocycles. The Hall–Kier alpha value is -4.00. The fourth-order valence-electron chi connectivity index (χ4n) is 5.88. The van der Waals surface area contributed by atoms with Gasteiger partial charge in [0.05, 0.1) is 25.1 Å². The smallest absolute Gasteiger partial charge is 0.241 e. The van der Waals surface area contributed by atoms with Gasteiger partial charge in [0.2, 0.25) is 17.7 Å². The molecule has 3 heterocycles. The molecule has 1 aromatic heterocycles. The molecule has 2 atom stereocenters. The summed E-state index contributed by atoms with van der Waals surface area (Å²) >= 11 is 0. The average Bonchev–Trinajstić information content (AvgIpc) is 3.49. The van der Waals surface area contributed by atoms with E-state index >= 15 is 0 Å². The van der Waals surface area contributed by atoms with E-state index in [1.165, 1.54) is 4.90 Å². The molecule has 0 spiro atoms. The first-order valence-corrected chi connectivity index (χ1v) is 12.7.